The summed E-state index contributed by atoms with van der Waals surface area (Å²) >= 11 is 0. The number of amides is 1. The number of fused-ring (bicyclic) bond motifs is 2. The predicted octanol–water partition coefficient (Wildman–Crippen LogP) is 0.627. The molecule has 0 unspecified atom stereocenters. The SMILES string of the molecule is CC(=O)OC[C@H]1O[C@@H](O[C@@H]2[C@H](NC(=O)OCc3ccccc3)[C@H]3C[C@H](OC3=O)[C@H]2OC(C)=O)[C@H](OC(C)=O)[C@@H](OC(C)=O)[C@@H]1OC(C)=O. The minimum absolute atomic E-state index is 0.0405. The summed E-state index contributed by atoms with van der Waals surface area (Å²) in [5.41, 5.74) is 0.680. The van der Waals surface area contributed by atoms with Crippen molar-refractivity contribution in [1.29, 1.82) is 0 Å². The van der Waals surface area contributed by atoms with Crippen molar-refractivity contribution < 1.29 is 76.2 Å². The van der Waals surface area contributed by atoms with Gasteiger partial charge in [0.05, 0.1) is 12.0 Å². The normalized spacial score (nSPS) is 30.6. The van der Waals surface area contributed by atoms with Crippen molar-refractivity contribution in [3.05, 3.63) is 35.9 Å². The van der Waals surface area contributed by atoms with Crippen LogP contribution in [0.25, 0.3) is 0 Å². The van der Waals surface area contributed by atoms with E-state index in [4.69, 9.17) is 42.6 Å². The van der Waals surface area contributed by atoms with Crippen LogP contribution in [0, 0.1) is 5.92 Å². The fourth-order valence-corrected chi connectivity index (χ4v) is 5.80. The van der Waals surface area contributed by atoms with Crippen LogP contribution in [0.4, 0.5) is 4.79 Å². The van der Waals surface area contributed by atoms with E-state index < -0.39 is 109 Å². The number of carbonyl (C=O) groups excluding carboxylic acids is 7. The summed E-state index contributed by atoms with van der Waals surface area (Å²) in [5.74, 6) is -5.79. The Morgan fingerprint density at radius 1 is 0.729 bits per heavy atom. The first-order valence-electron chi connectivity index (χ1n) is 15.0. The third-order valence-corrected chi connectivity index (χ3v) is 7.57. The Balaban J connectivity index is 1.71. The van der Waals surface area contributed by atoms with Gasteiger partial charge in [-0.05, 0) is 5.56 Å². The molecular weight excluding hydrogens is 642 g/mol. The first kappa shape index (κ1) is 36.1. The zero-order chi connectivity index (χ0) is 35.1. The second kappa shape index (κ2) is 15.9. The van der Waals surface area contributed by atoms with E-state index in [9.17, 15) is 33.6 Å². The summed E-state index contributed by atoms with van der Waals surface area (Å²) < 4.78 is 50.1. The molecule has 1 saturated carbocycles. The zero-order valence-corrected chi connectivity index (χ0v) is 26.8. The second-order valence-electron chi connectivity index (χ2n) is 11.3. The first-order valence-corrected chi connectivity index (χ1v) is 15.0. The molecule has 3 aliphatic rings. The molecule has 1 N–H and O–H groups in total. The predicted molar refractivity (Wildman–Crippen MR) is 154 cm³/mol. The number of esters is 6. The van der Waals surface area contributed by atoms with Gasteiger partial charge in [-0.25, -0.2) is 4.79 Å². The van der Waals surface area contributed by atoms with Gasteiger partial charge in [0.15, 0.2) is 30.7 Å². The van der Waals surface area contributed by atoms with E-state index in [-0.39, 0.29) is 13.0 Å². The third-order valence-electron chi connectivity index (χ3n) is 7.57. The Bertz CT molecular complexity index is 1380. The lowest BCUT2D eigenvalue weighted by atomic mass is 9.81. The molecule has 0 spiro atoms. The van der Waals surface area contributed by atoms with E-state index in [2.05, 4.69) is 5.32 Å². The summed E-state index contributed by atoms with van der Waals surface area (Å²) in [5, 5.41) is 2.61. The van der Waals surface area contributed by atoms with E-state index >= 15 is 0 Å². The largest absolute Gasteiger partial charge is 0.463 e. The number of hydrogen-bond donors (Lipinski definition) is 1. The van der Waals surface area contributed by atoms with E-state index in [0.29, 0.717) is 5.56 Å². The molecule has 17 heteroatoms. The number of hydrogen-bond acceptors (Lipinski definition) is 16. The van der Waals surface area contributed by atoms with Crippen molar-refractivity contribution in [2.45, 2.75) is 103 Å². The molecule has 10 atom stereocenters. The highest BCUT2D eigenvalue weighted by Gasteiger charge is 2.60. The van der Waals surface area contributed by atoms with Gasteiger partial charge in [0, 0.05) is 41.0 Å². The number of alkyl carbamates (subject to hydrolysis) is 1. The van der Waals surface area contributed by atoms with Gasteiger partial charge >= 0.3 is 41.9 Å². The number of ether oxygens (including phenoxy) is 9. The van der Waals surface area contributed by atoms with Crippen LogP contribution >= 0.6 is 0 Å². The van der Waals surface area contributed by atoms with Crippen molar-refractivity contribution >= 4 is 41.9 Å². The monoisotopic (exact) mass is 679 g/mol. The van der Waals surface area contributed by atoms with Gasteiger partial charge in [-0.1, -0.05) is 30.3 Å². The average molecular weight is 680 g/mol. The van der Waals surface area contributed by atoms with Gasteiger partial charge in [-0.15, -0.1) is 0 Å². The van der Waals surface area contributed by atoms with E-state index in [1.165, 1.54) is 0 Å². The maximum Gasteiger partial charge on any atom is 0.407 e. The molecule has 1 amide bonds. The fraction of sp³-hybridized carbons (Fsp3) is 0.581. The van der Waals surface area contributed by atoms with Crippen molar-refractivity contribution in [2.24, 2.45) is 5.92 Å². The average Bonchev–Trinajstić information content (AvgIpc) is 3.35. The summed E-state index contributed by atoms with van der Waals surface area (Å²) in [6, 6.07) is 7.52. The smallest absolute Gasteiger partial charge is 0.407 e. The molecule has 48 heavy (non-hydrogen) atoms. The number of carbonyl (C=O) groups is 7. The van der Waals surface area contributed by atoms with Gasteiger partial charge in [0.2, 0.25) is 0 Å². The van der Waals surface area contributed by atoms with Crippen molar-refractivity contribution in [3.63, 3.8) is 0 Å². The molecule has 262 valence electrons. The number of benzene rings is 1. The van der Waals surface area contributed by atoms with Crippen LogP contribution in [0.15, 0.2) is 30.3 Å². The summed E-state index contributed by atoms with van der Waals surface area (Å²) in [6.07, 6.45) is -12.4. The molecule has 1 aliphatic carbocycles. The van der Waals surface area contributed by atoms with E-state index in [1.807, 2.05) is 0 Å². The van der Waals surface area contributed by atoms with Crippen LogP contribution < -0.4 is 5.32 Å². The molecule has 2 aliphatic heterocycles. The molecule has 0 aromatic heterocycles. The first-order chi connectivity index (χ1) is 22.7. The summed E-state index contributed by atoms with van der Waals surface area (Å²) in [7, 11) is 0. The Kier molecular flexibility index (Phi) is 11.9. The fourth-order valence-electron chi connectivity index (χ4n) is 5.80. The molecule has 0 radical (unpaired) electrons. The lowest BCUT2D eigenvalue weighted by molar-refractivity contribution is -0.327. The summed E-state index contributed by atoms with van der Waals surface area (Å²) in [4.78, 5) is 86.6. The molecule has 2 bridgehead atoms. The zero-order valence-electron chi connectivity index (χ0n) is 26.8. The highest BCUT2D eigenvalue weighted by atomic mass is 16.7. The Morgan fingerprint density at radius 2 is 1.31 bits per heavy atom. The molecule has 1 aromatic carbocycles. The van der Waals surface area contributed by atoms with Crippen LogP contribution in [0.1, 0.15) is 46.6 Å². The number of nitrogens with one attached hydrogen (secondary N) is 1. The van der Waals surface area contributed by atoms with Gasteiger partial charge < -0.3 is 47.9 Å². The second-order valence-corrected chi connectivity index (χ2v) is 11.3. The van der Waals surface area contributed by atoms with E-state index in [1.54, 1.807) is 30.3 Å². The molecule has 3 fully saturated rings. The Labute approximate surface area is 274 Å². The van der Waals surface area contributed by atoms with Crippen molar-refractivity contribution in [2.75, 3.05) is 6.61 Å². The molecule has 1 aromatic rings. The highest BCUT2D eigenvalue weighted by molar-refractivity contribution is 5.78. The molecule has 2 saturated heterocycles. The minimum Gasteiger partial charge on any atom is -0.463 e. The lowest BCUT2D eigenvalue weighted by Gasteiger charge is -2.47. The summed E-state index contributed by atoms with van der Waals surface area (Å²) in [6.45, 7) is 4.77. The minimum atomic E-state index is -1.72. The van der Waals surface area contributed by atoms with Crippen LogP contribution in [0.5, 0.6) is 0 Å². The van der Waals surface area contributed by atoms with Gasteiger partial charge in [0.1, 0.15) is 31.5 Å². The van der Waals surface area contributed by atoms with Gasteiger partial charge in [-0.3, -0.25) is 28.8 Å². The lowest BCUT2D eigenvalue weighted by Crippen LogP contribution is -2.66. The van der Waals surface area contributed by atoms with Gasteiger partial charge in [0.25, 0.3) is 0 Å². The third kappa shape index (κ3) is 9.19. The Morgan fingerprint density at radius 3 is 1.92 bits per heavy atom. The molecule has 17 nitrogen and oxygen atoms in total. The van der Waals surface area contributed by atoms with Crippen LogP contribution in [0.2, 0.25) is 0 Å². The molecular formula is C31H37NO16. The van der Waals surface area contributed by atoms with Gasteiger partial charge in [-0.2, -0.15) is 0 Å². The van der Waals surface area contributed by atoms with Crippen molar-refractivity contribution in [3.8, 4) is 0 Å². The Hall–Kier alpha value is -4.77. The maximum absolute atomic E-state index is 13.1. The molecule has 2 heterocycles. The van der Waals surface area contributed by atoms with Crippen molar-refractivity contribution in [1.82, 2.24) is 5.32 Å². The van der Waals surface area contributed by atoms with Crippen LogP contribution in [-0.4, -0.2) is 104 Å². The highest BCUT2D eigenvalue weighted by Crippen LogP contribution is 2.40. The molecule has 4 rings (SSSR count). The van der Waals surface area contributed by atoms with Crippen LogP contribution in [0.3, 0.4) is 0 Å². The quantitative estimate of drug-likeness (QED) is 0.251. The standard InChI is InChI=1S/C31H37NO16/c1-14(33)40-13-22-25(43-16(3)35)27(44-17(4)36)28(45-18(5)37)30(47-22)48-26-23(32-31(39)41-12-19-9-7-6-8-10-19)20-11-21(46-29(20)38)24(26)42-15(2)34/h6-10,20-28,30H,11-13H2,1-5H3,(H,32,39)/t20-,21+,22-,23-,24-,25-,26-,27+,28-,30+/m1/s1. The van der Waals surface area contributed by atoms with Crippen LogP contribution in [-0.2, 0) is 78.0 Å². The maximum atomic E-state index is 13.1. The number of rotatable bonds is 11. The van der Waals surface area contributed by atoms with E-state index in [0.717, 1.165) is 34.6 Å². The topological polar surface area (TPSA) is 215 Å².